The van der Waals surface area contributed by atoms with E-state index < -0.39 is 6.04 Å². The highest BCUT2D eigenvalue weighted by Gasteiger charge is 2.28. The van der Waals surface area contributed by atoms with Gasteiger partial charge in [0.05, 0.1) is 21.3 Å². The molecule has 1 N–H and O–H groups in total. The average Bonchev–Trinajstić information content (AvgIpc) is 2.85. The van der Waals surface area contributed by atoms with E-state index in [9.17, 15) is 9.59 Å². The maximum Gasteiger partial charge on any atom is 0.261 e. The van der Waals surface area contributed by atoms with E-state index in [0.717, 1.165) is 17.7 Å². The lowest BCUT2D eigenvalue weighted by atomic mass is 10.1. The first-order valence-electron chi connectivity index (χ1n) is 11.0. The number of nitrogens with zero attached hydrogens (tertiary/aromatic N) is 1. The number of carbonyl (C=O) groups is 2. The van der Waals surface area contributed by atoms with Crippen LogP contribution in [-0.4, -0.2) is 57.2 Å². The van der Waals surface area contributed by atoms with Gasteiger partial charge in [0.1, 0.15) is 29.0 Å². The molecule has 0 radical (unpaired) electrons. The summed E-state index contributed by atoms with van der Waals surface area (Å²) in [6.45, 7) is 4.46. The maximum absolute atomic E-state index is 13.3. The largest absolute Gasteiger partial charge is 0.497 e. The molecule has 0 aliphatic rings. The van der Waals surface area contributed by atoms with Gasteiger partial charge in [-0.05, 0) is 30.5 Å². The molecule has 0 saturated heterocycles. The van der Waals surface area contributed by atoms with Crippen molar-refractivity contribution in [3.8, 4) is 23.0 Å². The molecule has 8 nitrogen and oxygen atoms in total. The van der Waals surface area contributed by atoms with Gasteiger partial charge in [0.2, 0.25) is 5.91 Å². The topological polar surface area (TPSA) is 86.3 Å². The van der Waals surface area contributed by atoms with E-state index in [0.29, 0.717) is 30.2 Å². The Hall–Kier alpha value is -3.42. The van der Waals surface area contributed by atoms with Crippen LogP contribution in [0.4, 0.5) is 0 Å². The number of nitrogens with one attached hydrogen (secondary N) is 1. The molecule has 0 fully saturated rings. The van der Waals surface area contributed by atoms with E-state index in [2.05, 4.69) is 5.32 Å². The van der Waals surface area contributed by atoms with Crippen LogP contribution >= 0.6 is 0 Å². The van der Waals surface area contributed by atoms with Crippen molar-refractivity contribution < 1.29 is 28.5 Å². The first kappa shape index (κ1) is 25.8. The summed E-state index contributed by atoms with van der Waals surface area (Å²) in [5, 5.41) is 2.90. The van der Waals surface area contributed by atoms with Crippen molar-refractivity contribution in [1.29, 1.82) is 0 Å². The predicted molar refractivity (Wildman–Crippen MR) is 126 cm³/mol. The number of hydrogen-bond donors (Lipinski definition) is 1. The van der Waals surface area contributed by atoms with Crippen LogP contribution in [0.15, 0.2) is 42.5 Å². The molecule has 2 rings (SSSR count). The second-order valence-electron chi connectivity index (χ2n) is 7.42. The van der Waals surface area contributed by atoms with E-state index in [1.165, 1.54) is 0 Å². The normalized spacial score (nSPS) is 11.3. The summed E-state index contributed by atoms with van der Waals surface area (Å²) in [4.78, 5) is 27.6. The fourth-order valence-electron chi connectivity index (χ4n) is 3.31. The number of carbonyl (C=O) groups excluding carboxylic acids is 2. The Balaban J connectivity index is 2.23. The van der Waals surface area contributed by atoms with Crippen LogP contribution in [0, 0.1) is 0 Å². The Morgan fingerprint density at radius 3 is 1.97 bits per heavy atom. The zero-order valence-electron chi connectivity index (χ0n) is 20.1. The maximum atomic E-state index is 13.3. The van der Waals surface area contributed by atoms with Crippen LogP contribution in [0.1, 0.15) is 32.3 Å². The molecule has 0 bridgehead atoms. The van der Waals surface area contributed by atoms with Gasteiger partial charge in [0.25, 0.3) is 5.91 Å². The number of amides is 2. The first-order valence-corrected chi connectivity index (χ1v) is 11.0. The molecule has 0 aliphatic carbocycles. The van der Waals surface area contributed by atoms with Gasteiger partial charge >= 0.3 is 0 Å². The number of methoxy groups -OCH3 is 3. The molecular weight excluding hydrogens is 424 g/mol. The van der Waals surface area contributed by atoms with Gasteiger partial charge in [-0.3, -0.25) is 9.59 Å². The van der Waals surface area contributed by atoms with E-state index in [4.69, 9.17) is 18.9 Å². The number of rotatable bonds is 13. The van der Waals surface area contributed by atoms with Crippen molar-refractivity contribution in [2.24, 2.45) is 0 Å². The molecule has 2 aromatic carbocycles. The fraction of sp³-hybridized carbons (Fsp3) is 0.440. The van der Waals surface area contributed by atoms with Gasteiger partial charge in [0.15, 0.2) is 6.61 Å². The molecule has 0 aliphatic heterocycles. The molecule has 0 aromatic heterocycles. The fourth-order valence-corrected chi connectivity index (χ4v) is 3.31. The second-order valence-corrected chi connectivity index (χ2v) is 7.42. The standard InChI is InChI=1S/C25H34N2O6/c1-6-12-26-25(29)23(7-2)27(16-18-8-10-19(30-3)11-9-18)24(28)17-33-22-14-20(31-4)13-21(15-22)32-5/h8-11,13-15,23H,6-7,12,16-17H2,1-5H3,(H,26,29)/t23-/m1/s1. The lowest BCUT2D eigenvalue weighted by Gasteiger charge is -2.30. The van der Waals surface area contributed by atoms with Crippen molar-refractivity contribution in [1.82, 2.24) is 10.2 Å². The summed E-state index contributed by atoms with van der Waals surface area (Å²) in [7, 11) is 4.68. The molecule has 0 spiro atoms. The van der Waals surface area contributed by atoms with Gasteiger partial charge in [0, 0.05) is 31.3 Å². The highest BCUT2D eigenvalue weighted by atomic mass is 16.5. The molecule has 2 amide bonds. The van der Waals surface area contributed by atoms with Gasteiger partial charge < -0.3 is 29.2 Å². The monoisotopic (exact) mass is 458 g/mol. The van der Waals surface area contributed by atoms with Crippen LogP contribution in [0.3, 0.4) is 0 Å². The van der Waals surface area contributed by atoms with E-state index in [-0.39, 0.29) is 25.0 Å². The van der Waals surface area contributed by atoms with Crippen LogP contribution in [-0.2, 0) is 16.1 Å². The van der Waals surface area contributed by atoms with Gasteiger partial charge in [-0.25, -0.2) is 0 Å². The Morgan fingerprint density at radius 1 is 0.879 bits per heavy atom. The minimum atomic E-state index is -0.616. The zero-order valence-corrected chi connectivity index (χ0v) is 20.1. The van der Waals surface area contributed by atoms with Crippen molar-refractivity contribution in [2.75, 3.05) is 34.5 Å². The first-order chi connectivity index (χ1) is 15.9. The lowest BCUT2D eigenvalue weighted by Crippen LogP contribution is -2.50. The van der Waals surface area contributed by atoms with E-state index in [1.807, 2.05) is 38.1 Å². The molecule has 1 atom stereocenters. The summed E-state index contributed by atoms with van der Waals surface area (Å²) >= 11 is 0. The highest BCUT2D eigenvalue weighted by molar-refractivity contribution is 5.88. The molecule has 2 aromatic rings. The third kappa shape index (κ3) is 7.59. The van der Waals surface area contributed by atoms with Gasteiger partial charge in [-0.15, -0.1) is 0 Å². The summed E-state index contributed by atoms with van der Waals surface area (Å²) < 4.78 is 21.5. The van der Waals surface area contributed by atoms with Crippen LogP contribution in [0.2, 0.25) is 0 Å². The quantitative estimate of drug-likeness (QED) is 0.495. The summed E-state index contributed by atoms with van der Waals surface area (Å²) in [5.41, 5.74) is 0.883. The number of hydrogen-bond acceptors (Lipinski definition) is 6. The summed E-state index contributed by atoms with van der Waals surface area (Å²) in [6, 6.07) is 11.9. The Bertz CT molecular complexity index is 878. The van der Waals surface area contributed by atoms with Crippen molar-refractivity contribution in [3.63, 3.8) is 0 Å². The molecule has 0 unspecified atom stereocenters. The minimum Gasteiger partial charge on any atom is -0.497 e. The lowest BCUT2D eigenvalue weighted by molar-refractivity contribution is -0.143. The molecule has 33 heavy (non-hydrogen) atoms. The van der Waals surface area contributed by atoms with E-state index in [1.54, 1.807) is 44.4 Å². The second kappa shape index (κ2) is 13.2. The van der Waals surface area contributed by atoms with Crippen molar-refractivity contribution in [3.05, 3.63) is 48.0 Å². The summed E-state index contributed by atoms with van der Waals surface area (Å²) in [5.74, 6) is 1.79. The SMILES string of the molecule is CCCNC(=O)[C@@H](CC)N(Cc1ccc(OC)cc1)C(=O)COc1cc(OC)cc(OC)c1. The molecule has 180 valence electrons. The van der Waals surface area contributed by atoms with Crippen molar-refractivity contribution in [2.45, 2.75) is 39.3 Å². The van der Waals surface area contributed by atoms with Crippen molar-refractivity contribution >= 4 is 11.8 Å². The van der Waals surface area contributed by atoms with Gasteiger partial charge in [-0.2, -0.15) is 0 Å². The number of benzene rings is 2. The molecule has 0 heterocycles. The number of ether oxygens (including phenoxy) is 4. The van der Waals surface area contributed by atoms with E-state index >= 15 is 0 Å². The molecule has 8 heteroatoms. The Kier molecular flexibility index (Phi) is 10.3. The molecule has 0 saturated carbocycles. The van der Waals surface area contributed by atoms with Crippen LogP contribution in [0.5, 0.6) is 23.0 Å². The molecular formula is C25H34N2O6. The Morgan fingerprint density at radius 2 is 1.45 bits per heavy atom. The third-order valence-electron chi connectivity index (χ3n) is 5.13. The zero-order chi connectivity index (χ0) is 24.2. The predicted octanol–water partition coefficient (Wildman–Crippen LogP) is 3.42. The highest BCUT2D eigenvalue weighted by Crippen LogP contribution is 2.27. The third-order valence-corrected chi connectivity index (χ3v) is 5.13. The summed E-state index contributed by atoms with van der Waals surface area (Å²) in [6.07, 6.45) is 1.29. The smallest absolute Gasteiger partial charge is 0.261 e. The minimum absolute atomic E-state index is 0.177. The average molecular weight is 459 g/mol. The van der Waals surface area contributed by atoms with Crippen LogP contribution in [0.25, 0.3) is 0 Å². The van der Waals surface area contributed by atoms with Crippen LogP contribution < -0.4 is 24.3 Å². The Labute approximate surface area is 195 Å². The van der Waals surface area contributed by atoms with Gasteiger partial charge in [-0.1, -0.05) is 26.0 Å².